The van der Waals surface area contributed by atoms with Crippen molar-refractivity contribution in [2.24, 2.45) is 0 Å². The van der Waals surface area contributed by atoms with E-state index in [1.54, 1.807) is 0 Å². The zero-order valence-electron chi connectivity index (χ0n) is 18.5. The van der Waals surface area contributed by atoms with Gasteiger partial charge in [0.15, 0.2) is 6.10 Å². The van der Waals surface area contributed by atoms with Crippen LogP contribution in [0.4, 0.5) is 23.7 Å². The molecule has 1 atom stereocenters. The Morgan fingerprint density at radius 3 is 2.58 bits per heavy atom. The number of aromatic amines is 1. The lowest BCUT2D eigenvalue weighted by atomic mass is 10.0. The summed E-state index contributed by atoms with van der Waals surface area (Å²) in [7, 11) is 0. The number of nitrogens with one attached hydrogen (secondary N) is 1. The molecule has 2 aromatic carbocycles. The van der Waals surface area contributed by atoms with E-state index in [9.17, 15) is 37.5 Å². The van der Waals surface area contributed by atoms with Crippen LogP contribution in [-0.4, -0.2) is 42.3 Å². The average molecular weight is 503 g/mol. The lowest BCUT2D eigenvalue weighted by molar-refractivity contribution is -0.305. The molecule has 36 heavy (non-hydrogen) atoms. The minimum Gasteiger partial charge on any atom is -0.550 e. The number of hydrogen-bond acceptors (Lipinski definition) is 7. The van der Waals surface area contributed by atoms with E-state index in [1.807, 2.05) is 0 Å². The molecular formula is C24H18F3N2O7-. The Balaban J connectivity index is 1.54. The molecule has 1 N–H and O–H groups in total. The third-order valence-corrected chi connectivity index (χ3v) is 5.50. The number of carbonyl (C=O) groups excluding carboxylic acids is 3. The number of carboxylic acid groups (broad SMARTS) is 1. The van der Waals surface area contributed by atoms with Crippen LogP contribution in [0.2, 0.25) is 0 Å². The van der Waals surface area contributed by atoms with Crippen molar-refractivity contribution >= 4 is 34.5 Å². The number of alkyl halides is 3. The van der Waals surface area contributed by atoms with Gasteiger partial charge >= 0.3 is 18.2 Å². The summed E-state index contributed by atoms with van der Waals surface area (Å²) >= 11 is 0. The summed E-state index contributed by atoms with van der Waals surface area (Å²) < 4.78 is 50.3. The molecule has 1 amide bonds. The summed E-state index contributed by atoms with van der Waals surface area (Å²) in [6.07, 6.45) is -7.06. The molecule has 1 fully saturated rings. The summed E-state index contributed by atoms with van der Waals surface area (Å²) in [5, 5.41) is 10.9. The first-order valence-electron chi connectivity index (χ1n) is 10.7. The van der Waals surface area contributed by atoms with Crippen molar-refractivity contribution in [1.82, 2.24) is 4.98 Å². The van der Waals surface area contributed by atoms with Crippen LogP contribution in [0.25, 0.3) is 22.0 Å². The fourth-order valence-corrected chi connectivity index (χ4v) is 3.81. The van der Waals surface area contributed by atoms with Crippen molar-refractivity contribution in [3.63, 3.8) is 0 Å². The number of nitrogens with zero attached hydrogens (tertiary/aromatic N) is 1. The van der Waals surface area contributed by atoms with E-state index in [0.717, 1.165) is 6.07 Å². The average Bonchev–Trinajstić information content (AvgIpc) is 3.21. The first-order chi connectivity index (χ1) is 17.0. The van der Waals surface area contributed by atoms with E-state index in [4.69, 9.17) is 9.47 Å². The van der Waals surface area contributed by atoms with E-state index >= 15 is 0 Å². The van der Waals surface area contributed by atoms with Crippen molar-refractivity contribution in [3.05, 3.63) is 64.4 Å². The van der Waals surface area contributed by atoms with Gasteiger partial charge in [0, 0.05) is 28.3 Å². The van der Waals surface area contributed by atoms with Gasteiger partial charge in [-0.2, -0.15) is 13.2 Å². The predicted octanol–water partition coefficient (Wildman–Crippen LogP) is 2.61. The molecule has 0 unspecified atom stereocenters. The van der Waals surface area contributed by atoms with Crippen molar-refractivity contribution in [2.45, 2.75) is 25.1 Å². The summed E-state index contributed by atoms with van der Waals surface area (Å²) in [5.41, 5.74) is -1.41. The van der Waals surface area contributed by atoms with Crippen LogP contribution in [0.5, 0.6) is 0 Å². The lowest BCUT2D eigenvalue weighted by Gasteiger charge is -2.15. The molecule has 0 radical (unpaired) electrons. The number of cyclic esters (lactones) is 1. The number of fused-ring (bicyclic) bond motifs is 1. The molecule has 12 heteroatoms. The molecule has 4 rings (SSSR count). The Morgan fingerprint density at radius 2 is 1.86 bits per heavy atom. The normalized spacial score (nSPS) is 15.7. The largest absolute Gasteiger partial charge is 0.550 e. The molecular weight excluding hydrogens is 485 g/mol. The van der Waals surface area contributed by atoms with Gasteiger partial charge in [-0.05, 0) is 36.1 Å². The van der Waals surface area contributed by atoms with Crippen LogP contribution in [0.3, 0.4) is 0 Å². The zero-order valence-corrected chi connectivity index (χ0v) is 18.5. The molecule has 0 saturated carbocycles. The molecule has 0 spiro atoms. The Morgan fingerprint density at radius 1 is 1.11 bits per heavy atom. The Bertz CT molecular complexity index is 1400. The summed E-state index contributed by atoms with van der Waals surface area (Å²) in [6, 6.07) is 10.7. The smallest absolute Gasteiger partial charge is 0.417 e. The third kappa shape index (κ3) is 5.32. The Hall–Kier alpha value is -4.35. The molecule has 2 heterocycles. The zero-order chi connectivity index (χ0) is 26.0. The number of aromatic nitrogens is 1. The number of rotatable bonds is 7. The number of hydrogen-bond donors (Lipinski definition) is 1. The molecule has 9 nitrogen and oxygen atoms in total. The van der Waals surface area contributed by atoms with E-state index < -0.39 is 47.9 Å². The second kappa shape index (κ2) is 9.72. The maximum atomic E-state index is 13.4. The van der Waals surface area contributed by atoms with Gasteiger partial charge in [0.2, 0.25) is 0 Å². The van der Waals surface area contributed by atoms with E-state index in [2.05, 4.69) is 4.98 Å². The van der Waals surface area contributed by atoms with Crippen LogP contribution in [0.15, 0.2) is 53.3 Å². The maximum Gasteiger partial charge on any atom is 0.417 e. The Kier molecular flexibility index (Phi) is 6.69. The van der Waals surface area contributed by atoms with Gasteiger partial charge in [-0.25, -0.2) is 4.79 Å². The van der Waals surface area contributed by atoms with Crippen LogP contribution >= 0.6 is 0 Å². The van der Waals surface area contributed by atoms with Gasteiger partial charge in [0.1, 0.15) is 6.61 Å². The first-order valence-corrected chi connectivity index (χ1v) is 10.7. The second-order valence-electron chi connectivity index (χ2n) is 8.00. The van der Waals surface area contributed by atoms with E-state index in [0.29, 0.717) is 11.1 Å². The number of aliphatic carboxylic acids is 1. The van der Waals surface area contributed by atoms with Crippen LogP contribution in [0.1, 0.15) is 18.4 Å². The van der Waals surface area contributed by atoms with Crippen LogP contribution in [-0.2, 0) is 25.2 Å². The minimum absolute atomic E-state index is 0.00526. The standard InChI is InChI=1S/C24H19F3N2O7/c25-24(26,27)18-4-2-1-3-16(18)19-9-13-5-6-14(10-17(13)22(33)28-19)29-11-15(36-23(29)34)12-35-21(32)8-7-20(30)31/h1-6,9-10,15H,7-8,11-12H2,(H,28,33)(H,30,31)/p-1/t15-/m0/s1. The first kappa shape index (κ1) is 24.8. The highest BCUT2D eigenvalue weighted by Gasteiger charge is 2.34. The lowest BCUT2D eigenvalue weighted by Crippen LogP contribution is -2.27. The molecule has 0 aliphatic carbocycles. The number of carbonyl (C=O) groups is 3. The van der Waals surface area contributed by atoms with Crippen molar-refractivity contribution < 1.29 is 42.1 Å². The number of carboxylic acids is 1. The number of H-pyrrole nitrogens is 1. The number of ether oxygens (including phenoxy) is 2. The highest BCUT2D eigenvalue weighted by Crippen LogP contribution is 2.36. The molecule has 1 saturated heterocycles. The number of benzene rings is 2. The van der Waals surface area contributed by atoms with Gasteiger partial charge < -0.3 is 24.4 Å². The van der Waals surface area contributed by atoms with Gasteiger partial charge in [-0.1, -0.05) is 24.3 Å². The van der Waals surface area contributed by atoms with E-state index in [1.165, 1.54) is 47.4 Å². The quantitative estimate of drug-likeness (QED) is 0.491. The van der Waals surface area contributed by atoms with E-state index in [-0.39, 0.29) is 36.2 Å². The summed E-state index contributed by atoms with van der Waals surface area (Å²) in [5.74, 6) is -2.18. The summed E-state index contributed by atoms with van der Waals surface area (Å²) in [4.78, 5) is 50.7. The highest BCUT2D eigenvalue weighted by atomic mass is 19.4. The molecule has 1 aliphatic heterocycles. The molecule has 3 aromatic rings. The third-order valence-electron chi connectivity index (χ3n) is 5.50. The van der Waals surface area contributed by atoms with Crippen LogP contribution in [0, 0.1) is 0 Å². The molecule has 1 aliphatic rings. The highest BCUT2D eigenvalue weighted by molar-refractivity contribution is 5.95. The van der Waals surface area contributed by atoms with Gasteiger partial charge in [0.25, 0.3) is 5.56 Å². The molecule has 1 aromatic heterocycles. The summed E-state index contributed by atoms with van der Waals surface area (Å²) in [6.45, 7) is -0.294. The number of amides is 1. The molecule has 0 bridgehead atoms. The fourth-order valence-electron chi connectivity index (χ4n) is 3.81. The van der Waals surface area contributed by atoms with Crippen molar-refractivity contribution in [3.8, 4) is 11.3 Å². The fraction of sp³-hybridized carbons (Fsp3) is 0.250. The number of halogens is 3. The maximum absolute atomic E-state index is 13.4. The second-order valence-corrected chi connectivity index (χ2v) is 8.00. The van der Waals surface area contributed by atoms with Gasteiger partial charge in [-0.15, -0.1) is 0 Å². The van der Waals surface area contributed by atoms with Gasteiger partial charge in [-0.3, -0.25) is 14.5 Å². The van der Waals surface area contributed by atoms with Crippen LogP contribution < -0.4 is 15.6 Å². The monoisotopic (exact) mass is 503 g/mol. The SMILES string of the molecule is O=C([O-])CCC(=O)OC[C@@H]1CN(c2ccc3cc(-c4ccccc4C(F)(F)F)[nH]c(=O)c3c2)C(=O)O1. The number of esters is 1. The van der Waals surface area contributed by atoms with Gasteiger partial charge in [0.05, 0.1) is 18.5 Å². The molecule has 188 valence electrons. The minimum atomic E-state index is -4.61. The Labute approximate surface area is 201 Å². The van der Waals surface area contributed by atoms with Crippen molar-refractivity contribution in [2.75, 3.05) is 18.1 Å². The van der Waals surface area contributed by atoms with Crippen molar-refractivity contribution in [1.29, 1.82) is 0 Å². The number of pyridine rings is 1. The topological polar surface area (TPSA) is 129 Å². The number of anilines is 1. The predicted molar refractivity (Wildman–Crippen MR) is 118 cm³/mol.